The standard InChI is InChI=1S/C24H26N4O3/c1-4-30-20-12-10-19(11-13-20)27-24(21-8-6-7-15-25-21)28-26-17-18-9-14-22(31-5-2)23(16-18)29-3/h6-17H,4-5H2,1-3H3,(H,27,28)/b26-17+. The molecule has 7 heteroatoms. The van der Waals surface area contributed by atoms with Crippen molar-refractivity contribution in [3.8, 4) is 17.2 Å². The summed E-state index contributed by atoms with van der Waals surface area (Å²) < 4.78 is 16.4. The Bertz CT molecular complexity index is 1020. The zero-order valence-electron chi connectivity index (χ0n) is 17.9. The van der Waals surface area contributed by atoms with Crippen LogP contribution in [0.5, 0.6) is 17.2 Å². The van der Waals surface area contributed by atoms with Gasteiger partial charge in [-0.1, -0.05) is 6.07 Å². The lowest BCUT2D eigenvalue weighted by Crippen LogP contribution is -2.20. The predicted octanol–water partition coefficient (Wildman–Crippen LogP) is 4.59. The normalized spacial score (nSPS) is 11.4. The number of ether oxygens (including phenoxy) is 3. The van der Waals surface area contributed by atoms with Crippen molar-refractivity contribution in [3.05, 3.63) is 78.1 Å². The third-order valence-electron chi connectivity index (χ3n) is 4.17. The molecule has 0 fully saturated rings. The molecule has 31 heavy (non-hydrogen) atoms. The molecular weight excluding hydrogens is 392 g/mol. The van der Waals surface area contributed by atoms with Crippen LogP contribution in [-0.4, -0.2) is 37.4 Å². The number of nitrogens with one attached hydrogen (secondary N) is 1. The summed E-state index contributed by atoms with van der Waals surface area (Å²) in [6.07, 6.45) is 3.40. The lowest BCUT2D eigenvalue weighted by Gasteiger charge is -2.09. The molecule has 3 aromatic rings. The second-order valence-corrected chi connectivity index (χ2v) is 6.32. The molecule has 0 saturated carbocycles. The third kappa shape index (κ3) is 6.30. The van der Waals surface area contributed by atoms with Gasteiger partial charge in [0.15, 0.2) is 17.3 Å². The molecule has 0 aliphatic rings. The van der Waals surface area contributed by atoms with Crippen LogP contribution in [0.1, 0.15) is 25.1 Å². The zero-order valence-corrected chi connectivity index (χ0v) is 17.9. The van der Waals surface area contributed by atoms with Gasteiger partial charge >= 0.3 is 0 Å². The monoisotopic (exact) mass is 418 g/mol. The number of amidine groups is 1. The van der Waals surface area contributed by atoms with Gasteiger partial charge in [0.05, 0.1) is 32.2 Å². The van der Waals surface area contributed by atoms with Crippen LogP contribution in [-0.2, 0) is 0 Å². The third-order valence-corrected chi connectivity index (χ3v) is 4.17. The number of methoxy groups -OCH3 is 1. The van der Waals surface area contributed by atoms with Gasteiger partial charge in [-0.25, -0.2) is 4.99 Å². The van der Waals surface area contributed by atoms with Crippen molar-refractivity contribution in [2.75, 3.05) is 20.3 Å². The highest BCUT2D eigenvalue weighted by Crippen LogP contribution is 2.27. The lowest BCUT2D eigenvalue weighted by molar-refractivity contribution is 0.311. The summed E-state index contributed by atoms with van der Waals surface area (Å²) in [5, 5.41) is 4.35. The van der Waals surface area contributed by atoms with E-state index in [2.05, 4.69) is 20.5 Å². The van der Waals surface area contributed by atoms with Gasteiger partial charge in [-0.15, -0.1) is 0 Å². The highest BCUT2D eigenvalue weighted by Gasteiger charge is 2.06. The van der Waals surface area contributed by atoms with Gasteiger partial charge in [-0.05, 0) is 74.0 Å². The van der Waals surface area contributed by atoms with E-state index < -0.39 is 0 Å². The van der Waals surface area contributed by atoms with E-state index in [-0.39, 0.29) is 0 Å². The van der Waals surface area contributed by atoms with Crippen LogP contribution >= 0.6 is 0 Å². The predicted molar refractivity (Wildman–Crippen MR) is 123 cm³/mol. The molecule has 0 radical (unpaired) electrons. The van der Waals surface area contributed by atoms with Gasteiger partial charge in [0, 0.05) is 6.20 Å². The van der Waals surface area contributed by atoms with Crippen molar-refractivity contribution in [2.24, 2.45) is 10.1 Å². The summed E-state index contributed by atoms with van der Waals surface area (Å²) in [6.45, 7) is 5.07. The molecule has 0 atom stereocenters. The Hall–Kier alpha value is -3.87. The van der Waals surface area contributed by atoms with E-state index in [0.717, 1.165) is 17.0 Å². The van der Waals surface area contributed by atoms with Crippen LogP contribution in [0, 0.1) is 0 Å². The van der Waals surface area contributed by atoms with Crippen LogP contribution in [0.3, 0.4) is 0 Å². The smallest absolute Gasteiger partial charge is 0.172 e. The molecule has 0 unspecified atom stereocenters. The molecule has 0 spiro atoms. The molecular formula is C24H26N4O3. The maximum Gasteiger partial charge on any atom is 0.172 e. The Kier molecular flexibility index (Phi) is 7.99. The van der Waals surface area contributed by atoms with Gasteiger partial charge in [0.25, 0.3) is 0 Å². The lowest BCUT2D eigenvalue weighted by atomic mass is 10.2. The molecule has 0 aliphatic carbocycles. The van der Waals surface area contributed by atoms with Crippen LogP contribution in [0.25, 0.3) is 0 Å². The molecule has 1 aromatic heterocycles. The Morgan fingerprint density at radius 1 is 0.968 bits per heavy atom. The van der Waals surface area contributed by atoms with Crippen molar-refractivity contribution in [2.45, 2.75) is 13.8 Å². The molecule has 0 aliphatic heterocycles. The van der Waals surface area contributed by atoms with E-state index in [0.29, 0.717) is 36.2 Å². The number of pyridine rings is 1. The fourth-order valence-corrected chi connectivity index (χ4v) is 2.76. The summed E-state index contributed by atoms with van der Waals surface area (Å²) in [5.74, 6) is 2.68. The van der Waals surface area contributed by atoms with Crippen molar-refractivity contribution < 1.29 is 14.2 Å². The van der Waals surface area contributed by atoms with E-state index in [4.69, 9.17) is 14.2 Å². The van der Waals surface area contributed by atoms with Gasteiger partial charge in [0.1, 0.15) is 11.4 Å². The summed E-state index contributed by atoms with van der Waals surface area (Å²) in [6, 6.07) is 18.8. The molecule has 0 amide bonds. The van der Waals surface area contributed by atoms with Gasteiger partial charge in [-0.3, -0.25) is 10.4 Å². The minimum atomic E-state index is 0.527. The van der Waals surface area contributed by atoms with Crippen molar-refractivity contribution in [1.29, 1.82) is 0 Å². The van der Waals surface area contributed by atoms with Gasteiger partial charge in [0.2, 0.25) is 0 Å². The highest BCUT2D eigenvalue weighted by molar-refractivity contribution is 5.99. The molecule has 3 rings (SSSR count). The van der Waals surface area contributed by atoms with Crippen LogP contribution in [0.4, 0.5) is 5.69 Å². The second-order valence-electron chi connectivity index (χ2n) is 6.32. The Morgan fingerprint density at radius 2 is 1.77 bits per heavy atom. The van der Waals surface area contributed by atoms with E-state index in [1.807, 2.05) is 74.5 Å². The largest absolute Gasteiger partial charge is 0.494 e. The zero-order chi connectivity index (χ0) is 21.9. The summed E-state index contributed by atoms with van der Waals surface area (Å²) in [7, 11) is 1.61. The Balaban J connectivity index is 1.81. The fraction of sp³-hybridized carbons (Fsp3) is 0.208. The van der Waals surface area contributed by atoms with E-state index in [1.54, 1.807) is 19.5 Å². The first-order valence-electron chi connectivity index (χ1n) is 10.1. The van der Waals surface area contributed by atoms with Gasteiger partial charge in [-0.2, -0.15) is 5.10 Å². The molecule has 0 bridgehead atoms. The number of hydrogen-bond acceptors (Lipinski definition) is 6. The first kappa shape index (κ1) is 21.8. The summed E-state index contributed by atoms with van der Waals surface area (Å²) in [4.78, 5) is 9.04. The van der Waals surface area contributed by atoms with Crippen LogP contribution in [0.2, 0.25) is 0 Å². The van der Waals surface area contributed by atoms with E-state index >= 15 is 0 Å². The van der Waals surface area contributed by atoms with Crippen molar-refractivity contribution >= 4 is 17.7 Å². The van der Waals surface area contributed by atoms with Gasteiger partial charge < -0.3 is 14.2 Å². The number of hydrogen-bond donors (Lipinski definition) is 1. The first-order chi connectivity index (χ1) is 15.2. The second kappa shape index (κ2) is 11.3. The number of aliphatic imine (C=N–C) groups is 1. The molecule has 2 aromatic carbocycles. The fourth-order valence-electron chi connectivity index (χ4n) is 2.76. The first-order valence-corrected chi connectivity index (χ1v) is 10.1. The molecule has 0 saturated heterocycles. The quantitative estimate of drug-likeness (QED) is 0.312. The topological polar surface area (TPSA) is 77.3 Å². The maximum atomic E-state index is 5.55. The maximum absolute atomic E-state index is 5.55. The summed E-state index contributed by atoms with van der Waals surface area (Å²) >= 11 is 0. The minimum Gasteiger partial charge on any atom is -0.494 e. The van der Waals surface area contributed by atoms with E-state index in [1.165, 1.54) is 0 Å². The van der Waals surface area contributed by atoms with E-state index in [9.17, 15) is 0 Å². The Labute approximate surface area is 182 Å². The SMILES string of the molecule is CCOc1ccc(N=C(N/N=C/c2ccc(OCC)c(OC)c2)c2ccccn2)cc1. The van der Waals surface area contributed by atoms with Crippen LogP contribution < -0.4 is 19.6 Å². The molecule has 1 N–H and O–H groups in total. The average Bonchev–Trinajstić information content (AvgIpc) is 2.81. The van der Waals surface area contributed by atoms with Crippen molar-refractivity contribution in [3.63, 3.8) is 0 Å². The molecule has 7 nitrogen and oxygen atoms in total. The number of aromatic nitrogens is 1. The Morgan fingerprint density at radius 3 is 2.45 bits per heavy atom. The molecule has 1 heterocycles. The van der Waals surface area contributed by atoms with Crippen LogP contribution in [0.15, 0.2) is 77.0 Å². The highest BCUT2D eigenvalue weighted by atomic mass is 16.5. The summed E-state index contributed by atoms with van der Waals surface area (Å²) in [5.41, 5.74) is 5.30. The number of hydrazone groups is 1. The number of benzene rings is 2. The number of nitrogens with zero attached hydrogens (tertiary/aromatic N) is 3. The molecule has 160 valence electrons. The average molecular weight is 418 g/mol. The number of rotatable bonds is 9. The van der Waals surface area contributed by atoms with Crippen molar-refractivity contribution in [1.82, 2.24) is 10.4 Å². The minimum absolute atomic E-state index is 0.527.